The zero-order valence-corrected chi connectivity index (χ0v) is 15.1. The summed E-state index contributed by atoms with van der Waals surface area (Å²) in [4.78, 5) is 7.42. The van der Waals surface area contributed by atoms with E-state index in [1.165, 1.54) is 5.69 Å². The van der Waals surface area contributed by atoms with Crippen molar-refractivity contribution in [3.63, 3.8) is 0 Å². The molecule has 0 saturated carbocycles. The number of alkyl halides is 1. The molecule has 2 aromatic rings. The Morgan fingerprint density at radius 3 is 2.52 bits per heavy atom. The molecule has 0 N–H and O–H groups in total. The molecule has 2 rings (SSSR count). The molecule has 0 fully saturated rings. The fourth-order valence-electron chi connectivity index (χ4n) is 2.92. The van der Waals surface area contributed by atoms with Gasteiger partial charge in [-0.1, -0.05) is 49.7 Å². The van der Waals surface area contributed by atoms with E-state index >= 15 is 0 Å². The highest BCUT2D eigenvalue weighted by Crippen LogP contribution is 2.28. The fourth-order valence-corrected chi connectivity index (χ4v) is 3.44. The maximum Gasteiger partial charge on any atom is 0.152 e. The normalized spacial score (nSPS) is 11.8. The molecular formula is C17H26BrN3. The van der Waals surface area contributed by atoms with Crippen LogP contribution in [0.15, 0.2) is 24.4 Å². The van der Waals surface area contributed by atoms with Gasteiger partial charge in [-0.2, -0.15) is 0 Å². The van der Waals surface area contributed by atoms with Crippen LogP contribution in [0.5, 0.6) is 0 Å². The average Bonchev–Trinajstić information content (AvgIpc) is 2.85. The number of halogens is 1. The molecule has 0 aliphatic rings. The van der Waals surface area contributed by atoms with Gasteiger partial charge in [-0.25, -0.2) is 4.98 Å². The van der Waals surface area contributed by atoms with Crippen LogP contribution in [0.25, 0.3) is 5.65 Å². The molecule has 0 bridgehead atoms. The van der Waals surface area contributed by atoms with Gasteiger partial charge in [-0.15, -0.1) is 0 Å². The van der Waals surface area contributed by atoms with E-state index in [0.29, 0.717) is 12.0 Å². The van der Waals surface area contributed by atoms with Crippen molar-refractivity contribution in [1.82, 2.24) is 9.38 Å². The number of pyridine rings is 1. The van der Waals surface area contributed by atoms with Crippen LogP contribution in [-0.4, -0.2) is 22.0 Å². The smallest absolute Gasteiger partial charge is 0.152 e. The van der Waals surface area contributed by atoms with Gasteiger partial charge < -0.3 is 9.30 Å². The third-order valence-electron chi connectivity index (χ3n) is 3.95. The molecule has 0 saturated heterocycles. The molecule has 0 aromatic carbocycles. The minimum absolute atomic E-state index is 0.551. The van der Waals surface area contributed by atoms with Crippen LogP contribution in [0, 0.1) is 5.92 Å². The molecule has 116 valence electrons. The number of aromatic nitrogens is 2. The van der Waals surface area contributed by atoms with Crippen molar-refractivity contribution in [3.8, 4) is 0 Å². The Bertz CT molecular complexity index is 572. The van der Waals surface area contributed by atoms with Crippen molar-refractivity contribution in [2.24, 2.45) is 5.92 Å². The van der Waals surface area contributed by atoms with Crippen LogP contribution >= 0.6 is 15.9 Å². The lowest BCUT2D eigenvalue weighted by Crippen LogP contribution is -2.38. The molecule has 0 spiro atoms. The minimum atomic E-state index is 0.551. The topological polar surface area (TPSA) is 20.5 Å². The van der Waals surface area contributed by atoms with E-state index < -0.39 is 0 Å². The largest absolute Gasteiger partial charge is 0.352 e. The lowest BCUT2D eigenvalue weighted by Gasteiger charge is -2.33. The van der Waals surface area contributed by atoms with E-state index in [-0.39, 0.29) is 0 Å². The third-order valence-corrected chi connectivity index (χ3v) is 4.48. The number of imidazole rings is 1. The Balaban J connectivity index is 2.52. The maximum atomic E-state index is 4.91. The van der Waals surface area contributed by atoms with E-state index in [1.807, 2.05) is 6.07 Å². The predicted octanol–water partition coefficient (Wildman–Crippen LogP) is 4.88. The van der Waals surface area contributed by atoms with Gasteiger partial charge >= 0.3 is 0 Å². The molecule has 2 heterocycles. The summed E-state index contributed by atoms with van der Waals surface area (Å²) in [6, 6.07) is 6.74. The van der Waals surface area contributed by atoms with Crippen LogP contribution in [0.3, 0.4) is 0 Å². The molecule has 0 unspecified atom stereocenters. The molecular weight excluding hydrogens is 326 g/mol. The molecule has 0 atom stereocenters. The first-order valence-corrected chi connectivity index (χ1v) is 9.03. The molecule has 0 radical (unpaired) electrons. The van der Waals surface area contributed by atoms with Crippen molar-refractivity contribution in [1.29, 1.82) is 0 Å². The standard InChI is InChI=1S/C17H26BrN3/c1-5-14(6-2)21(12-13(3)4)17-15(11-18)20-10-8-7-9-16(20)19-17/h7-10,13-14H,5-6,11-12H2,1-4H3. The van der Waals surface area contributed by atoms with Gasteiger partial charge in [-0.3, -0.25) is 0 Å². The Morgan fingerprint density at radius 2 is 1.95 bits per heavy atom. The SMILES string of the molecule is CCC(CC)N(CC(C)C)c1nc2ccccn2c1CBr. The fraction of sp³-hybridized carbons (Fsp3) is 0.588. The number of nitrogens with zero attached hydrogens (tertiary/aromatic N) is 3. The average molecular weight is 352 g/mol. The molecule has 21 heavy (non-hydrogen) atoms. The first-order valence-electron chi connectivity index (χ1n) is 7.90. The number of hydrogen-bond acceptors (Lipinski definition) is 2. The van der Waals surface area contributed by atoms with E-state index in [9.17, 15) is 0 Å². The van der Waals surface area contributed by atoms with Crippen LogP contribution in [0.2, 0.25) is 0 Å². The lowest BCUT2D eigenvalue weighted by atomic mass is 10.1. The van der Waals surface area contributed by atoms with Gasteiger partial charge in [0, 0.05) is 24.1 Å². The van der Waals surface area contributed by atoms with Crippen LogP contribution < -0.4 is 4.90 Å². The van der Waals surface area contributed by atoms with Crippen molar-refractivity contribution in [3.05, 3.63) is 30.1 Å². The maximum absolute atomic E-state index is 4.91. The third kappa shape index (κ3) is 3.42. The number of anilines is 1. The van der Waals surface area contributed by atoms with E-state index in [2.05, 4.69) is 71.3 Å². The molecule has 0 aliphatic heterocycles. The molecule has 0 amide bonds. The summed E-state index contributed by atoms with van der Waals surface area (Å²) in [5.74, 6) is 1.76. The van der Waals surface area contributed by atoms with Gasteiger partial charge in [0.2, 0.25) is 0 Å². The quantitative estimate of drug-likeness (QED) is 0.662. The first-order chi connectivity index (χ1) is 10.1. The number of rotatable bonds is 7. The Kier molecular flexibility index (Phi) is 5.68. The van der Waals surface area contributed by atoms with Gasteiger partial charge in [0.25, 0.3) is 0 Å². The molecule has 0 aliphatic carbocycles. The van der Waals surface area contributed by atoms with Crippen molar-refractivity contribution in [2.75, 3.05) is 11.4 Å². The van der Waals surface area contributed by atoms with Crippen molar-refractivity contribution in [2.45, 2.75) is 51.9 Å². The highest BCUT2D eigenvalue weighted by molar-refractivity contribution is 9.08. The number of hydrogen-bond donors (Lipinski definition) is 0. The Hall–Kier alpha value is -1.03. The zero-order chi connectivity index (χ0) is 15.4. The highest BCUT2D eigenvalue weighted by atomic mass is 79.9. The minimum Gasteiger partial charge on any atom is -0.352 e. The van der Waals surface area contributed by atoms with Gasteiger partial charge in [0.1, 0.15) is 5.65 Å². The van der Waals surface area contributed by atoms with Gasteiger partial charge in [0.15, 0.2) is 5.82 Å². The number of fused-ring (bicyclic) bond motifs is 1. The molecule has 4 heteroatoms. The zero-order valence-electron chi connectivity index (χ0n) is 13.5. The molecule has 3 nitrogen and oxygen atoms in total. The summed E-state index contributed by atoms with van der Waals surface area (Å²) in [5.41, 5.74) is 2.28. The van der Waals surface area contributed by atoms with Crippen LogP contribution in [0.4, 0.5) is 5.82 Å². The van der Waals surface area contributed by atoms with Crippen molar-refractivity contribution < 1.29 is 0 Å². The van der Waals surface area contributed by atoms with E-state index in [4.69, 9.17) is 4.98 Å². The summed E-state index contributed by atoms with van der Waals surface area (Å²) >= 11 is 3.65. The van der Waals surface area contributed by atoms with Gasteiger partial charge in [0.05, 0.1) is 5.69 Å². The summed E-state index contributed by atoms with van der Waals surface area (Å²) in [5, 5.41) is 0.822. The Morgan fingerprint density at radius 1 is 1.24 bits per heavy atom. The Labute approximate surface area is 136 Å². The summed E-state index contributed by atoms with van der Waals surface area (Å²) in [6.07, 6.45) is 4.40. The summed E-state index contributed by atoms with van der Waals surface area (Å²) in [7, 11) is 0. The van der Waals surface area contributed by atoms with E-state index in [0.717, 1.165) is 36.2 Å². The van der Waals surface area contributed by atoms with Crippen LogP contribution in [-0.2, 0) is 5.33 Å². The second-order valence-corrected chi connectivity index (χ2v) is 6.52. The summed E-state index contributed by atoms with van der Waals surface area (Å²) in [6.45, 7) is 10.1. The summed E-state index contributed by atoms with van der Waals surface area (Å²) < 4.78 is 2.19. The monoisotopic (exact) mass is 351 g/mol. The molecule has 2 aromatic heterocycles. The second kappa shape index (κ2) is 7.30. The van der Waals surface area contributed by atoms with Gasteiger partial charge in [-0.05, 0) is 30.9 Å². The lowest BCUT2D eigenvalue weighted by molar-refractivity contribution is 0.503. The van der Waals surface area contributed by atoms with Crippen LogP contribution in [0.1, 0.15) is 46.2 Å². The first kappa shape index (κ1) is 16.3. The second-order valence-electron chi connectivity index (χ2n) is 5.96. The van der Waals surface area contributed by atoms with E-state index in [1.54, 1.807) is 0 Å². The highest BCUT2D eigenvalue weighted by Gasteiger charge is 2.23. The predicted molar refractivity (Wildman–Crippen MR) is 94.4 cm³/mol. The van der Waals surface area contributed by atoms with Crippen molar-refractivity contribution >= 4 is 27.4 Å².